The lowest BCUT2D eigenvalue weighted by molar-refractivity contribution is 0.547. The zero-order valence-corrected chi connectivity index (χ0v) is 27.7. The SMILES string of the molecule is CCCCCCCCn1c(=O)c2cc3c(Br)c4cc5c(=O)n(CCCCCCCC)c(=O)c5cc4c(Br)c3cc2c1=O. The van der Waals surface area contributed by atoms with Crippen molar-refractivity contribution in [3.05, 3.63) is 74.6 Å². The Morgan fingerprint density at radius 1 is 0.429 bits per heavy atom. The first kappa shape index (κ1) is 30.9. The third kappa shape index (κ3) is 5.69. The molecular formula is C34H38Br2N2O4. The molecule has 0 saturated heterocycles. The van der Waals surface area contributed by atoms with Gasteiger partial charge < -0.3 is 0 Å². The van der Waals surface area contributed by atoms with E-state index in [0.29, 0.717) is 34.6 Å². The molecule has 5 rings (SSSR count). The van der Waals surface area contributed by atoms with Gasteiger partial charge in [-0.15, -0.1) is 0 Å². The Morgan fingerprint density at radius 2 is 0.690 bits per heavy atom. The summed E-state index contributed by atoms with van der Waals surface area (Å²) in [7, 11) is 0. The van der Waals surface area contributed by atoms with Crippen LogP contribution in [0.3, 0.4) is 0 Å². The van der Waals surface area contributed by atoms with Gasteiger partial charge in [-0.2, -0.15) is 0 Å². The van der Waals surface area contributed by atoms with E-state index >= 15 is 0 Å². The maximum atomic E-state index is 13.3. The summed E-state index contributed by atoms with van der Waals surface area (Å²) in [4.78, 5) is 53.2. The molecule has 0 unspecified atom stereocenters. The molecule has 0 aliphatic rings. The molecular weight excluding hydrogens is 660 g/mol. The van der Waals surface area contributed by atoms with Crippen LogP contribution in [0.15, 0.2) is 52.4 Å². The molecule has 0 radical (unpaired) electrons. The summed E-state index contributed by atoms with van der Waals surface area (Å²) in [6.07, 6.45) is 12.9. The van der Waals surface area contributed by atoms with Gasteiger partial charge in [0.25, 0.3) is 22.2 Å². The van der Waals surface area contributed by atoms with Crippen molar-refractivity contribution in [1.29, 1.82) is 0 Å². The lowest BCUT2D eigenvalue weighted by Crippen LogP contribution is -2.25. The molecule has 42 heavy (non-hydrogen) atoms. The smallest absolute Gasteiger partial charge is 0.261 e. The molecule has 0 bridgehead atoms. The molecule has 0 amide bonds. The third-order valence-electron chi connectivity index (χ3n) is 8.63. The first-order valence-electron chi connectivity index (χ1n) is 15.4. The Kier molecular flexibility index (Phi) is 9.83. The predicted molar refractivity (Wildman–Crippen MR) is 182 cm³/mol. The quantitative estimate of drug-likeness (QED) is 0.0862. The van der Waals surface area contributed by atoms with E-state index in [1.807, 2.05) is 0 Å². The molecule has 0 aliphatic carbocycles. The highest BCUT2D eigenvalue weighted by molar-refractivity contribution is 9.11. The van der Waals surface area contributed by atoms with Crippen molar-refractivity contribution in [2.45, 2.75) is 104 Å². The normalized spacial score (nSPS) is 12.1. The number of unbranched alkanes of at least 4 members (excludes halogenated alkanes) is 10. The Labute approximate surface area is 261 Å². The summed E-state index contributed by atoms with van der Waals surface area (Å²) >= 11 is 7.47. The van der Waals surface area contributed by atoms with Crippen LogP contribution in [-0.4, -0.2) is 9.13 Å². The van der Waals surface area contributed by atoms with Crippen molar-refractivity contribution < 1.29 is 0 Å². The highest BCUT2D eigenvalue weighted by atomic mass is 79.9. The van der Waals surface area contributed by atoms with Crippen LogP contribution in [-0.2, 0) is 13.1 Å². The van der Waals surface area contributed by atoms with Crippen LogP contribution in [0.2, 0.25) is 0 Å². The molecule has 0 N–H and O–H groups in total. The largest absolute Gasteiger partial charge is 0.274 e. The number of nitrogens with zero attached hydrogens (tertiary/aromatic N) is 2. The van der Waals surface area contributed by atoms with E-state index in [4.69, 9.17) is 0 Å². The lowest BCUT2D eigenvalue weighted by atomic mass is 9.99. The molecule has 8 heteroatoms. The van der Waals surface area contributed by atoms with Gasteiger partial charge in [0, 0.05) is 22.0 Å². The Morgan fingerprint density at radius 3 is 0.976 bits per heavy atom. The van der Waals surface area contributed by atoms with Gasteiger partial charge in [-0.05, 0) is 90.5 Å². The molecule has 5 aromatic rings. The van der Waals surface area contributed by atoms with Crippen LogP contribution >= 0.6 is 31.9 Å². The topological polar surface area (TPSA) is 78.1 Å². The summed E-state index contributed by atoms with van der Waals surface area (Å²) in [5.74, 6) is 0. The highest BCUT2D eigenvalue weighted by Gasteiger charge is 2.20. The zero-order chi connectivity index (χ0) is 30.0. The van der Waals surface area contributed by atoms with Crippen molar-refractivity contribution >= 4 is 74.9 Å². The van der Waals surface area contributed by atoms with Crippen LogP contribution in [0, 0.1) is 0 Å². The average Bonchev–Trinajstić information content (AvgIpc) is 3.37. The fraction of sp³-hybridized carbons (Fsp3) is 0.471. The van der Waals surface area contributed by atoms with E-state index in [2.05, 4.69) is 45.7 Å². The van der Waals surface area contributed by atoms with E-state index in [1.165, 1.54) is 47.7 Å². The zero-order valence-electron chi connectivity index (χ0n) is 24.5. The first-order chi connectivity index (χ1) is 20.3. The number of benzene rings is 3. The monoisotopic (exact) mass is 696 g/mol. The molecule has 0 saturated carbocycles. The summed E-state index contributed by atoms with van der Waals surface area (Å²) < 4.78 is 4.20. The Hall–Kier alpha value is -2.58. The first-order valence-corrected chi connectivity index (χ1v) is 17.0. The standard InChI is InChI=1S/C34H38Br2N2O4/c1-3-5-7-9-11-13-15-37-31(39)25-17-21-22(18-26(25)32(37)40)30(36)24-20-28-27(19-23(24)29(21)35)33(41)38(34(28)42)16-14-12-10-8-6-4-2/h17-20H,3-16H2,1-2H3. The minimum Gasteiger partial charge on any atom is -0.274 e. The maximum absolute atomic E-state index is 13.3. The van der Waals surface area contributed by atoms with Crippen LogP contribution in [0.4, 0.5) is 0 Å². The molecule has 0 spiro atoms. The van der Waals surface area contributed by atoms with Crippen molar-refractivity contribution in [2.24, 2.45) is 0 Å². The molecule has 2 heterocycles. The van der Waals surface area contributed by atoms with E-state index in [-0.39, 0.29) is 22.2 Å². The second-order valence-electron chi connectivity index (χ2n) is 11.6. The van der Waals surface area contributed by atoms with E-state index in [9.17, 15) is 19.2 Å². The van der Waals surface area contributed by atoms with Gasteiger partial charge in [0.1, 0.15) is 0 Å². The molecule has 2 aromatic heterocycles. The average molecular weight is 698 g/mol. The molecule has 222 valence electrons. The number of aromatic nitrogens is 2. The van der Waals surface area contributed by atoms with Crippen LogP contribution in [0.5, 0.6) is 0 Å². The molecule has 0 fully saturated rings. The second kappa shape index (κ2) is 13.4. The lowest BCUT2D eigenvalue weighted by Gasteiger charge is -2.10. The number of hydrogen-bond acceptors (Lipinski definition) is 4. The summed E-state index contributed by atoms with van der Waals surface area (Å²) in [6, 6.07) is 7.13. The minimum absolute atomic E-state index is 0.256. The van der Waals surface area contributed by atoms with Crippen molar-refractivity contribution in [2.75, 3.05) is 0 Å². The number of rotatable bonds is 14. The highest BCUT2D eigenvalue weighted by Crippen LogP contribution is 2.41. The van der Waals surface area contributed by atoms with Gasteiger partial charge in [0.15, 0.2) is 0 Å². The van der Waals surface area contributed by atoms with E-state index in [0.717, 1.165) is 69.0 Å². The van der Waals surface area contributed by atoms with Gasteiger partial charge in [0.05, 0.1) is 21.5 Å². The van der Waals surface area contributed by atoms with Crippen LogP contribution in [0.1, 0.15) is 90.9 Å². The molecule has 0 aliphatic heterocycles. The number of halogens is 2. The molecule has 3 aromatic carbocycles. The summed E-state index contributed by atoms with van der Waals surface area (Å²) in [6.45, 7) is 5.20. The van der Waals surface area contributed by atoms with Gasteiger partial charge in [-0.25, -0.2) is 0 Å². The van der Waals surface area contributed by atoms with Gasteiger partial charge in [-0.3, -0.25) is 28.3 Å². The maximum Gasteiger partial charge on any atom is 0.261 e. The predicted octanol–water partition coefficient (Wildman–Crippen LogP) is 8.46. The van der Waals surface area contributed by atoms with Crippen molar-refractivity contribution in [1.82, 2.24) is 9.13 Å². The third-order valence-corrected chi connectivity index (χ3v) is 10.3. The van der Waals surface area contributed by atoms with Crippen LogP contribution in [0.25, 0.3) is 43.1 Å². The van der Waals surface area contributed by atoms with Crippen molar-refractivity contribution in [3.63, 3.8) is 0 Å². The summed E-state index contributed by atoms with van der Waals surface area (Å²) in [5.41, 5.74) is -1.02. The molecule has 0 atom stereocenters. The minimum atomic E-state index is -0.256. The van der Waals surface area contributed by atoms with Crippen molar-refractivity contribution in [3.8, 4) is 0 Å². The van der Waals surface area contributed by atoms with Gasteiger partial charge in [-0.1, -0.05) is 78.1 Å². The van der Waals surface area contributed by atoms with Gasteiger partial charge in [0.2, 0.25) is 0 Å². The Bertz CT molecular complexity index is 1720. The fourth-order valence-electron chi connectivity index (χ4n) is 6.20. The van der Waals surface area contributed by atoms with E-state index < -0.39 is 0 Å². The molecule has 6 nitrogen and oxygen atoms in total. The number of hydrogen-bond donors (Lipinski definition) is 0. The number of fused-ring (bicyclic) bond motifs is 4. The fourth-order valence-corrected chi connectivity index (χ4v) is 7.51. The second-order valence-corrected chi connectivity index (χ2v) is 13.2. The van der Waals surface area contributed by atoms with Crippen LogP contribution < -0.4 is 22.2 Å². The van der Waals surface area contributed by atoms with E-state index in [1.54, 1.807) is 24.3 Å². The Balaban J connectivity index is 1.54. The summed E-state index contributed by atoms with van der Waals surface area (Å²) in [5, 5.41) is 4.72. The van der Waals surface area contributed by atoms with Gasteiger partial charge >= 0.3 is 0 Å².